The van der Waals surface area contributed by atoms with E-state index in [-0.39, 0.29) is 0 Å². The molecule has 1 aliphatic heterocycles. The number of rotatable bonds is 2. The molecule has 2 rings (SSSR count). The minimum absolute atomic E-state index is 0.436. The van der Waals surface area contributed by atoms with Crippen molar-refractivity contribution in [2.75, 3.05) is 18.0 Å². The molecule has 0 amide bonds. The van der Waals surface area contributed by atoms with Gasteiger partial charge in [0.05, 0.1) is 11.6 Å². The van der Waals surface area contributed by atoms with Crippen molar-refractivity contribution in [2.24, 2.45) is 11.3 Å². The Hall–Kier alpha value is -0.760. The topological polar surface area (TPSA) is 16.1 Å². The van der Waals surface area contributed by atoms with Gasteiger partial charge in [-0.05, 0) is 36.3 Å². The molecule has 2 heterocycles. The van der Waals surface area contributed by atoms with E-state index in [1.54, 1.807) is 0 Å². The molecule has 1 fully saturated rings. The zero-order valence-electron chi connectivity index (χ0n) is 11.6. The summed E-state index contributed by atoms with van der Waals surface area (Å²) in [4.78, 5) is 6.71. The fourth-order valence-electron chi connectivity index (χ4n) is 2.74. The molecular weight excluding hydrogens is 244 g/mol. The molecule has 0 bridgehead atoms. The van der Waals surface area contributed by atoms with Gasteiger partial charge in [-0.2, -0.15) is 0 Å². The maximum absolute atomic E-state index is 5.84. The van der Waals surface area contributed by atoms with Crippen molar-refractivity contribution in [2.45, 2.75) is 39.5 Å². The van der Waals surface area contributed by atoms with Gasteiger partial charge < -0.3 is 4.90 Å². The monoisotopic (exact) mass is 266 g/mol. The predicted octanol–water partition coefficient (Wildman–Crippen LogP) is 4.08. The molecule has 1 saturated heterocycles. The average Bonchev–Trinajstić information content (AvgIpc) is 2.38. The molecule has 2 nitrogen and oxygen atoms in total. The maximum Gasteiger partial charge on any atom is 0.0648 e. The second kappa shape index (κ2) is 5.48. The Kier molecular flexibility index (Phi) is 4.16. The molecule has 100 valence electrons. The largest absolute Gasteiger partial charge is 0.371 e. The summed E-state index contributed by atoms with van der Waals surface area (Å²) in [5.74, 6) is 1.33. The fourth-order valence-corrected chi connectivity index (χ4v) is 2.89. The summed E-state index contributed by atoms with van der Waals surface area (Å²) in [6.45, 7) is 9.35. The van der Waals surface area contributed by atoms with Crippen LogP contribution in [0.25, 0.3) is 0 Å². The number of hydrogen-bond acceptors (Lipinski definition) is 2. The van der Waals surface area contributed by atoms with Crippen molar-refractivity contribution >= 4 is 17.3 Å². The van der Waals surface area contributed by atoms with Crippen LogP contribution in [-0.4, -0.2) is 18.1 Å². The van der Waals surface area contributed by atoms with E-state index in [0.717, 1.165) is 24.7 Å². The Morgan fingerprint density at radius 1 is 1.33 bits per heavy atom. The number of pyridine rings is 1. The summed E-state index contributed by atoms with van der Waals surface area (Å²) in [7, 11) is 0. The second-order valence-electron chi connectivity index (χ2n) is 6.27. The van der Waals surface area contributed by atoms with Crippen LogP contribution in [0.1, 0.15) is 39.3 Å². The quantitative estimate of drug-likeness (QED) is 0.750. The molecule has 0 spiro atoms. The van der Waals surface area contributed by atoms with Gasteiger partial charge in [-0.25, -0.2) is 0 Å². The molecule has 0 radical (unpaired) electrons. The minimum atomic E-state index is 0.436. The molecule has 18 heavy (non-hydrogen) atoms. The highest BCUT2D eigenvalue weighted by molar-refractivity contribution is 6.16. The lowest BCUT2D eigenvalue weighted by Gasteiger charge is -2.39. The van der Waals surface area contributed by atoms with E-state index in [4.69, 9.17) is 11.6 Å². The van der Waals surface area contributed by atoms with Crippen molar-refractivity contribution in [3.8, 4) is 0 Å². The van der Waals surface area contributed by atoms with Gasteiger partial charge in [0.15, 0.2) is 0 Å². The van der Waals surface area contributed by atoms with Gasteiger partial charge >= 0.3 is 0 Å². The molecule has 0 unspecified atom stereocenters. The van der Waals surface area contributed by atoms with E-state index >= 15 is 0 Å². The van der Waals surface area contributed by atoms with Crippen LogP contribution < -0.4 is 4.90 Å². The highest BCUT2D eigenvalue weighted by atomic mass is 35.5. The van der Waals surface area contributed by atoms with E-state index in [1.165, 1.54) is 18.5 Å². The Morgan fingerprint density at radius 3 is 2.56 bits per heavy atom. The van der Waals surface area contributed by atoms with Crippen LogP contribution in [0.5, 0.6) is 0 Å². The first-order valence-corrected chi connectivity index (χ1v) is 7.30. The number of piperidine rings is 1. The van der Waals surface area contributed by atoms with E-state index in [1.807, 2.05) is 6.20 Å². The summed E-state index contributed by atoms with van der Waals surface area (Å²) in [6.07, 6.45) is 4.42. The van der Waals surface area contributed by atoms with Crippen LogP contribution in [-0.2, 0) is 5.88 Å². The van der Waals surface area contributed by atoms with Gasteiger partial charge in [-0.1, -0.05) is 20.8 Å². The number of halogens is 1. The molecule has 3 heteroatoms. The van der Waals surface area contributed by atoms with Gasteiger partial charge in [0.1, 0.15) is 0 Å². The lowest BCUT2D eigenvalue weighted by molar-refractivity contribution is 0.199. The number of anilines is 1. The first-order valence-electron chi connectivity index (χ1n) is 6.76. The van der Waals surface area contributed by atoms with Gasteiger partial charge in [0, 0.05) is 25.0 Å². The predicted molar refractivity (Wildman–Crippen MR) is 78.2 cm³/mol. The smallest absolute Gasteiger partial charge is 0.0648 e. The van der Waals surface area contributed by atoms with E-state index in [0.29, 0.717) is 11.3 Å². The van der Waals surface area contributed by atoms with E-state index in [9.17, 15) is 0 Å². The molecule has 1 aliphatic rings. The third-order valence-corrected chi connectivity index (χ3v) is 4.30. The summed E-state index contributed by atoms with van der Waals surface area (Å²) in [6, 6.07) is 4.21. The third-order valence-electron chi connectivity index (χ3n) is 4.02. The number of alkyl halides is 1. The van der Waals surface area contributed by atoms with Crippen LogP contribution >= 0.6 is 11.6 Å². The van der Waals surface area contributed by atoms with Gasteiger partial charge in [-0.15, -0.1) is 11.6 Å². The zero-order chi connectivity index (χ0) is 13.2. The Bertz CT molecular complexity index is 390. The summed E-state index contributed by atoms with van der Waals surface area (Å²) in [5, 5.41) is 0. The maximum atomic E-state index is 5.84. The van der Waals surface area contributed by atoms with Crippen molar-refractivity contribution in [1.82, 2.24) is 4.98 Å². The van der Waals surface area contributed by atoms with Crippen LogP contribution in [0.2, 0.25) is 0 Å². The highest BCUT2D eigenvalue weighted by Crippen LogP contribution is 2.35. The summed E-state index contributed by atoms with van der Waals surface area (Å²) < 4.78 is 0. The molecule has 0 atom stereocenters. The van der Waals surface area contributed by atoms with Crippen molar-refractivity contribution in [3.05, 3.63) is 24.0 Å². The van der Waals surface area contributed by atoms with Gasteiger partial charge in [0.2, 0.25) is 0 Å². The Balaban J connectivity index is 2.01. The third kappa shape index (κ3) is 3.17. The van der Waals surface area contributed by atoms with Crippen molar-refractivity contribution in [1.29, 1.82) is 0 Å². The van der Waals surface area contributed by atoms with Crippen LogP contribution in [0, 0.1) is 11.3 Å². The number of nitrogens with zero attached hydrogens (tertiary/aromatic N) is 2. The van der Waals surface area contributed by atoms with Crippen molar-refractivity contribution in [3.63, 3.8) is 0 Å². The lowest BCUT2D eigenvalue weighted by Crippen LogP contribution is -2.38. The molecule has 0 aromatic carbocycles. The fraction of sp³-hybridized carbons (Fsp3) is 0.667. The van der Waals surface area contributed by atoms with Crippen molar-refractivity contribution < 1.29 is 0 Å². The van der Waals surface area contributed by atoms with Gasteiger partial charge in [0.25, 0.3) is 0 Å². The molecule has 0 N–H and O–H groups in total. The molecular formula is C15H23ClN2. The first-order chi connectivity index (χ1) is 8.50. The summed E-state index contributed by atoms with van der Waals surface area (Å²) in [5.41, 5.74) is 2.67. The molecule has 0 saturated carbocycles. The number of hydrogen-bond donors (Lipinski definition) is 0. The van der Waals surface area contributed by atoms with Crippen LogP contribution in [0.15, 0.2) is 18.3 Å². The lowest BCUT2D eigenvalue weighted by atomic mass is 9.75. The Morgan fingerprint density at radius 2 is 2.00 bits per heavy atom. The SMILES string of the molecule is CC(C)(C)C1CCN(c2ccnc(CCl)c2)CC1. The summed E-state index contributed by atoms with van der Waals surface area (Å²) >= 11 is 5.84. The second-order valence-corrected chi connectivity index (χ2v) is 6.53. The Labute approximate surface area is 115 Å². The highest BCUT2D eigenvalue weighted by Gasteiger charge is 2.28. The minimum Gasteiger partial charge on any atom is -0.371 e. The van der Waals surface area contributed by atoms with E-state index < -0.39 is 0 Å². The average molecular weight is 267 g/mol. The molecule has 0 aliphatic carbocycles. The first kappa shape index (κ1) is 13.7. The normalized spacial score (nSPS) is 18.1. The van der Waals surface area contributed by atoms with Gasteiger partial charge in [-0.3, -0.25) is 4.98 Å². The molecule has 1 aromatic heterocycles. The van der Waals surface area contributed by atoms with Crippen LogP contribution in [0.4, 0.5) is 5.69 Å². The zero-order valence-corrected chi connectivity index (χ0v) is 12.4. The number of aromatic nitrogens is 1. The van der Waals surface area contributed by atoms with Crippen LogP contribution in [0.3, 0.4) is 0 Å². The molecule has 1 aromatic rings. The standard InChI is InChI=1S/C15H23ClN2/c1-15(2,3)12-5-8-18(9-6-12)14-4-7-17-13(10-14)11-16/h4,7,10,12H,5-6,8-9,11H2,1-3H3. The van der Waals surface area contributed by atoms with E-state index in [2.05, 4.69) is 42.8 Å².